The third-order valence-corrected chi connectivity index (χ3v) is 2.32. The molecule has 1 rings (SSSR count). The number of halogens is 5. The second kappa shape index (κ2) is 5.32. The highest BCUT2D eigenvalue weighted by molar-refractivity contribution is 5.79. The quantitative estimate of drug-likeness (QED) is 0.616. The van der Waals surface area contributed by atoms with Crippen LogP contribution >= 0.6 is 0 Å². The van der Waals surface area contributed by atoms with Gasteiger partial charge >= 0.3 is 6.18 Å². The molecular weight excluding hydrogens is 257 g/mol. The molecule has 0 aromatic heterocycles. The van der Waals surface area contributed by atoms with Gasteiger partial charge in [-0.05, 0) is 18.2 Å². The molecule has 0 saturated carbocycles. The molecule has 0 aliphatic rings. The lowest BCUT2D eigenvalue weighted by Gasteiger charge is -2.20. The van der Waals surface area contributed by atoms with Gasteiger partial charge in [-0.3, -0.25) is 4.79 Å². The van der Waals surface area contributed by atoms with Gasteiger partial charge in [-0.15, -0.1) is 0 Å². The van der Waals surface area contributed by atoms with Crippen LogP contribution in [-0.4, -0.2) is 26.3 Å². The molecule has 0 saturated heterocycles. The minimum absolute atomic E-state index is 0.0202. The SMILES string of the molecule is CN(CC(F)F)c1ccc(C=O)c(C(F)(F)F)c1. The Labute approximate surface area is 100 Å². The molecule has 0 amide bonds. The van der Waals surface area contributed by atoms with E-state index in [0.717, 1.165) is 11.0 Å². The lowest BCUT2D eigenvalue weighted by atomic mass is 10.1. The summed E-state index contributed by atoms with van der Waals surface area (Å²) in [6.45, 7) is -0.683. The van der Waals surface area contributed by atoms with Crippen molar-refractivity contribution in [3.8, 4) is 0 Å². The van der Waals surface area contributed by atoms with Gasteiger partial charge in [-0.2, -0.15) is 13.2 Å². The topological polar surface area (TPSA) is 20.3 Å². The number of hydrogen-bond acceptors (Lipinski definition) is 2. The van der Waals surface area contributed by atoms with Gasteiger partial charge in [0.1, 0.15) is 0 Å². The van der Waals surface area contributed by atoms with E-state index >= 15 is 0 Å². The van der Waals surface area contributed by atoms with Gasteiger partial charge in [0.2, 0.25) is 0 Å². The number of aldehydes is 1. The van der Waals surface area contributed by atoms with Crippen molar-refractivity contribution in [2.45, 2.75) is 12.6 Å². The van der Waals surface area contributed by atoms with Crippen molar-refractivity contribution in [2.75, 3.05) is 18.5 Å². The molecule has 1 aromatic carbocycles. The monoisotopic (exact) mass is 267 g/mol. The fourth-order valence-electron chi connectivity index (χ4n) is 1.44. The molecular formula is C11H10F5NO. The molecule has 0 aliphatic carbocycles. The maximum Gasteiger partial charge on any atom is 0.417 e. The summed E-state index contributed by atoms with van der Waals surface area (Å²) in [4.78, 5) is 11.5. The van der Waals surface area contributed by atoms with Crippen LogP contribution in [-0.2, 0) is 6.18 Å². The van der Waals surface area contributed by atoms with Gasteiger partial charge in [0.15, 0.2) is 6.29 Å². The summed E-state index contributed by atoms with van der Waals surface area (Å²) in [6, 6.07) is 2.85. The van der Waals surface area contributed by atoms with E-state index in [9.17, 15) is 26.7 Å². The van der Waals surface area contributed by atoms with E-state index in [1.807, 2.05) is 0 Å². The second-order valence-corrected chi connectivity index (χ2v) is 3.66. The summed E-state index contributed by atoms with van der Waals surface area (Å²) in [6.07, 6.45) is -7.27. The smallest absolute Gasteiger partial charge is 0.369 e. The molecule has 100 valence electrons. The molecule has 0 spiro atoms. The maximum atomic E-state index is 12.6. The van der Waals surface area contributed by atoms with Crippen LogP contribution in [0.1, 0.15) is 15.9 Å². The Bertz CT molecular complexity index is 430. The Kier molecular flexibility index (Phi) is 4.26. The Balaban J connectivity index is 3.14. The third-order valence-electron chi connectivity index (χ3n) is 2.32. The van der Waals surface area contributed by atoms with Crippen molar-refractivity contribution in [1.82, 2.24) is 0 Å². The minimum Gasteiger partial charge on any atom is -0.369 e. The molecule has 0 radical (unpaired) electrons. The zero-order chi connectivity index (χ0) is 13.9. The van der Waals surface area contributed by atoms with Gasteiger partial charge in [0.25, 0.3) is 6.43 Å². The largest absolute Gasteiger partial charge is 0.417 e. The maximum absolute atomic E-state index is 12.6. The summed E-state index contributed by atoms with van der Waals surface area (Å²) >= 11 is 0. The predicted molar refractivity (Wildman–Crippen MR) is 56.1 cm³/mol. The Morgan fingerprint density at radius 1 is 1.33 bits per heavy atom. The van der Waals surface area contributed by atoms with E-state index in [2.05, 4.69) is 0 Å². The van der Waals surface area contributed by atoms with Crippen LogP contribution in [0.5, 0.6) is 0 Å². The number of rotatable bonds is 4. The zero-order valence-electron chi connectivity index (χ0n) is 9.34. The number of nitrogens with zero attached hydrogens (tertiary/aromatic N) is 1. The average molecular weight is 267 g/mol. The highest BCUT2D eigenvalue weighted by Crippen LogP contribution is 2.33. The molecule has 0 heterocycles. The molecule has 2 nitrogen and oxygen atoms in total. The van der Waals surface area contributed by atoms with Crippen LogP contribution in [0, 0.1) is 0 Å². The lowest BCUT2D eigenvalue weighted by molar-refractivity contribution is -0.137. The van der Waals surface area contributed by atoms with Crippen molar-refractivity contribution >= 4 is 12.0 Å². The van der Waals surface area contributed by atoms with Crippen LogP contribution in [0.25, 0.3) is 0 Å². The third kappa shape index (κ3) is 3.41. The van der Waals surface area contributed by atoms with Crippen molar-refractivity contribution in [3.05, 3.63) is 29.3 Å². The second-order valence-electron chi connectivity index (χ2n) is 3.66. The zero-order valence-corrected chi connectivity index (χ0v) is 9.34. The van der Waals surface area contributed by atoms with Crippen LogP contribution in [0.4, 0.5) is 27.6 Å². The van der Waals surface area contributed by atoms with Crippen LogP contribution in [0.3, 0.4) is 0 Å². The van der Waals surface area contributed by atoms with Gasteiger partial charge in [0, 0.05) is 18.3 Å². The Morgan fingerprint density at radius 3 is 2.39 bits per heavy atom. The van der Waals surface area contributed by atoms with E-state index in [4.69, 9.17) is 0 Å². The van der Waals surface area contributed by atoms with Crippen LogP contribution in [0.15, 0.2) is 18.2 Å². The van der Waals surface area contributed by atoms with Crippen molar-refractivity contribution in [1.29, 1.82) is 0 Å². The van der Waals surface area contributed by atoms with Crippen molar-refractivity contribution < 1.29 is 26.7 Å². The molecule has 0 unspecified atom stereocenters. The van der Waals surface area contributed by atoms with Crippen molar-refractivity contribution in [3.63, 3.8) is 0 Å². The lowest BCUT2D eigenvalue weighted by Crippen LogP contribution is -2.24. The summed E-state index contributed by atoms with van der Waals surface area (Å²) in [5.74, 6) is 0. The van der Waals surface area contributed by atoms with E-state index < -0.39 is 30.3 Å². The van der Waals surface area contributed by atoms with Gasteiger partial charge in [-0.25, -0.2) is 8.78 Å². The first kappa shape index (κ1) is 14.4. The minimum atomic E-state index is -4.70. The standard InChI is InChI=1S/C11H10F5NO/c1-17(5-10(12)13)8-3-2-7(6-18)9(4-8)11(14,15)16/h2-4,6,10H,5H2,1H3. The van der Waals surface area contributed by atoms with E-state index in [1.165, 1.54) is 13.1 Å². The molecule has 0 N–H and O–H groups in total. The van der Waals surface area contributed by atoms with Crippen LogP contribution in [0.2, 0.25) is 0 Å². The molecule has 0 aliphatic heterocycles. The van der Waals surface area contributed by atoms with Gasteiger partial charge in [0.05, 0.1) is 12.1 Å². The van der Waals surface area contributed by atoms with Crippen molar-refractivity contribution in [2.24, 2.45) is 0 Å². The van der Waals surface area contributed by atoms with Gasteiger partial charge in [-0.1, -0.05) is 0 Å². The highest BCUT2D eigenvalue weighted by Gasteiger charge is 2.33. The van der Waals surface area contributed by atoms with E-state index in [-0.39, 0.29) is 12.0 Å². The summed E-state index contributed by atoms with van der Waals surface area (Å²) in [7, 11) is 1.25. The summed E-state index contributed by atoms with van der Waals surface area (Å²) in [5.41, 5.74) is -1.67. The molecule has 7 heteroatoms. The van der Waals surface area contributed by atoms with E-state index in [0.29, 0.717) is 6.07 Å². The first-order valence-electron chi connectivity index (χ1n) is 4.91. The van der Waals surface area contributed by atoms with Gasteiger partial charge < -0.3 is 4.90 Å². The fourth-order valence-corrected chi connectivity index (χ4v) is 1.44. The molecule has 0 fully saturated rings. The highest BCUT2D eigenvalue weighted by atomic mass is 19.4. The number of hydrogen-bond donors (Lipinski definition) is 0. The number of benzene rings is 1. The fraction of sp³-hybridized carbons (Fsp3) is 0.364. The first-order chi connectivity index (χ1) is 8.25. The normalized spacial score (nSPS) is 11.7. The molecule has 0 bridgehead atoms. The average Bonchev–Trinajstić information content (AvgIpc) is 2.26. The van der Waals surface area contributed by atoms with Crippen LogP contribution < -0.4 is 4.90 Å². The summed E-state index contributed by atoms with van der Waals surface area (Å²) < 4.78 is 62.1. The number of carbonyl (C=O) groups is 1. The number of anilines is 1. The number of carbonyl (C=O) groups excluding carboxylic acids is 1. The Morgan fingerprint density at radius 2 is 1.94 bits per heavy atom. The van der Waals surface area contributed by atoms with E-state index in [1.54, 1.807) is 0 Å². The molecule has 18 heavy (non-hydrogen) atoms. The molecule has 1 aromatic rings. The number of alkyl halides is 5. The molecule has 0 atom stereocenters. The Hall–Kier alpha value is -1.66. The first-order valence-corrected chi connectivity index (χ1v) is 4.91. The predicted octanol–water partition coefficient (Wildman–Crippen LogP) is 3.22. The summed E-state index contributed by atoms with van der Waals surface area (Å²) in [5, 5.41) is 0.